The maximum absolute atomic E-state index is 11.4. The number of carbonyl (C=O) groups is 1. The monoisotopic (exact) mass is 316 g/mol. The third kappa shape index (κ3) is 3.55. The summed E-state index contributed by atoms with van der Waals surface area (Å²) >= 11 is 1.75. The van der Waals surface area contributed by atoms with Crippen LogP contribution < -0.4 is 5.73 Å². The molecule has 5 heteroatoms. The zero-order valence-corrected chi connectivity index (χ0v) is 13.4. The van der Waals surface area contributed by atoms with E-state index in [9.17, 15) is 4.79 Å². The number of amides is 1. The SMILES string of the molecule is C[C@@H]1CN(Cc2cc(-c3ccccc3)cs2)C[C@@H](C(N)=O)O1. The molecule has 0 spiro atoms. The van der Waals surface area contributed by atoms with Crippen molar-refractivity contribution in [2.24, 2.45) is 5.73 Å². The summed E-state index contributed by atoms with van der Waals surface area (Å²) in [5.74, 6) is -0.382. The number of hydrogen-bond acceptors (Lipinski definition) is 4. The van der Waals surface area contributed by atoms with Crippen LogP contribution in [-0.4, -0.2) is 36.1 Å². The fraction of sp³-hybridized carbons (Fsp3) is 0.353. The Labute approximate surface area is 134 Å². The second kappa shape index (κ2) is 6.60. The highest BCUT2D eigenvalue weighted by Gasteiger charge is 2.29. The van der Waals surface area contributed by atoms with Crippen LogP contribution in [0.25, 0.3) is 11.1 Å². The van der Waals surface area contributed by atoms with E-state index in [1.54, 1.807) is 11.3 Å². The Bertz CT molecular complexity index is 641. The molecular weight excluding hydrogens is 296 g/mol. The van der Waals surface area contributed by atoms with Gasteiger partial charge in [0.15, 0.2) is 0 Å². The van der Waals surface area contributed by atoms with Crippen molar-refractivity contribution < 1.29 is 9.53 Å². The largest absolute Gasteiger partial charge is 0.367 e. The molecule has 1 saturated heterocycles. The first kappa shape index (κ1) is 15.2. The number of carbonyl (C=O) groups excluding carboxylic acids is 1. The molecule has 2 N–H and O–H groups in total. The highest BCUT2D eigenvalue weighted by Crippen LogP contribution is 2.27. The van der Waals surface area contributed by atoms with Gasteiger partial charge < -0.3 is 10.5 Å². The predicted octanol–water partition coefficient (Wildman–Crippen LogP) is 2.49. The number of morpholine rings is 1. The van der Waals surface area contributed by atoms with E-state index in [2.05, 4.69) is 28.5 Å². The van der Waals surface area contributed by atoms with Gasteiger partial charge in [-0.1, -0.05) is 30.3 Å². The van der Waals surface area contributed by atoms with Gasteiger partial charge in [-0.3, -0.25) is 9.69 Å². The molecule has 2 atom stereocenters. The first-order valence-electron chi connectivity index (χ1n) is 7.42. The first-order chi connectivity index (χ1) is 10.6. The van der Waals surface area contributed by atoms with Gasteiger partial charge in [0.25, 0.3) is 0 Å². The van der Waals surface area contributed by atoms with Gasteiger partial charge in [-0.05, 0) is 29.5 Å². The van der Waals surface area contributed by atoms with E-state index in [4.69, 9.17) is 10.5 Å². The summed E-state index contributed by atoms with van der Waals surface area (Å²) in [6, 6.07) is 12.6. The number of ether oxygens (including phenoxy) is 1. The minimum Gasteiger partial charge on any atom is -0.367 e. The Morgan fingerprint density at radius 3 is 2.82 bits per heavy atom. The fourth-order valence-electron chi connectivity index (χ4n) is 2.79. The number of hydrogen-bond donors (Lipinski definition) is 1. The highest BCUT2D eigenvalue weighted by atomic mass is 32.1. The number of rotatable bonds is 4. The summed E-state index contributed by atoms with van der Waals surface area (Å²) < 4.78 is 5.58. The molecule has 1 aliphatic rings. The molecule has 0 aliphatic carbocycles. The molecule has 3 rings (SSSR count). The van der Waals surface area contributed by atoms with Crippen molar-refractivity contribution in [1.82, 2.24) is 4.90 Å². The fourth-order valence-corrected chi connectivity index (χ4v) is 3.73. The first-order valence-corrected chi connectivity index (χ1v) is 8.30. The number of primary amides is 1. The lowest BCUT2D eigenvalue weighted by molar-refractivity contribution is -0.142. The van der Waals surface area contributed by atoms with Crippen molar-refractivity contribution in [3.63, 3.8) is 0 Å². The molecule has 22 heavy (non-hydrogen) atoms. The summed E-state index contributed by atoms with van der Waals surface area (Å²) in [7, 11) is 0. The van der Waals surface area contributed by atoms with Crippen molar-refractivity contribution in [2.75, 3.05) is 13.1 Å². The normalized spacial score (nSPS) is 22.6. The van der Waals surface area contributed by atoms with Crippen LogP contribution in [0.1, 0.15) is 11.8 Å². The summed E-state index contributed by atoms with van der Waals surface area (Å²) in [6.45, 7) is 4.20. The second-order valence-electron chi connectivity index (χ2n) is 5.70. The Morgan fingerprint density at radius 1 is 1.32 bits per heavy atom. The van der Waals surface area contributed by atoms with Gasteiger partial charge in [0.1, 0.15) is 6.10 Å². The van der Waals surface area contributed by atoms with Gasteiger partial charge in [-0.15, -0.1) is 11.3 Å². The second-order valence-corrected chi connectivity index (χ2v) is 6.70. The zero-order chi connectivity index (χ0) is 15.5. The summed E-state index contributed by atoms with van der Waals surface area (Å²) in [5.41, 5.74) is 7.85. The topological polar surface area (TPSA) is 55.6 Å². The maximum Gasteiger partial charge on any atom is 0.247 e. The predicted molar refractivity (Wildman–Crippen MR) is 88.6 cm³/mol. The Morgan fingerprint density at radius 2 is 2.09 bits per heavy atom. The van der Waals surface area contributed by atoms with E-state index in [0.717, 1.165) is 13.1 Å². The summed E-state index contributed by atoms with van der Waals surface area (Å²) in [6.07, 6.45) is -0.475. The molecule has 1 aromatic carbocycles. The molecule has 4 nitrogen and oxygen atoms in total. The van der Waals surface area contributed by atoms with E-state index in [1.165, 1.54) is 16.0 Å². The van der Waals surface area contributed by atoms with Crippen LogP contribution in [0.2, 0.25) is 0 Å². The molecule has 0 bridgehead atoms. The van der Waals surface area contributed by atoms with Crippen LogP contribution in [0, 0.1) is 0 Å². The molecule has 0 unspecified atom stereocenters. The van der Waals surface area contributed by atoms with Crippen LogP contribution in [0.5, 0.6) is 0 Å². The van der Waals surface area contributed by atoms with E-state index < -0.39 is 6.10 Å². The van der Waals surface area contributed by atoms with Crippen molar-refractivity contribution in [1.29, 1.82) is 0 Å². The minimum atomic E-state index is -0.502. The molecule has 1 aliphatic heterocycles. The molecule has 2 heterocycles. The third-order valence-electron chi connectivity index (χ3n) is 3.79. The van der Waals surface area contributed by atoms with Gasteiger partial charge in [-0.25, -0.2) is 0 Å². The molecular formula is C17H20N2O2S. The third-order valence-corrected chi connectivity index (χ3v) is 4.72. The van der Waals surface area contributed by atoms with E-state index in [1.807, 2.05) is 25.1 Å². The van der Waals surface area contributed by atoms with Gasteiger partial charge in [0.05, 0.1) is 6.10 Å². The number of benzene rings is 1. The molecule has 116 valence electrons. The van der Waals surface area contributed by atoms with Crippen LogP contribution in [0.15, 0.2) is 41.8 Å². The van der Waals surface area contributed by atoms with Crippen LogP contribution in [0.3, 0.4) is 0 Å². The Kier molecular flexibility index (Phi) is 4.57. The molecule has 0 saturated carbocycles. The number of nitrogens with two attached hydrogens (primary N) is 1. The smallest absolute Gasteiger partial charge is 0.247 e. The summed E-state index contributed by atoms with van der Waals surface area (Å²) in [4.78, 5) is 14.9. The molecule has 2 aromatic rings. The quantitative estimate of drug-likeness (QED) is 0.943. The average molecular weight is 316 g/mol. The lowest BCUT2D eigenvalue weighted by Gasteiger charge is -2.35. The standard InChI is InChI=1S/C17H20N2O2S/c1-12-8-19(10-16(21-12)17(18)20)9-15-7-14(11-22-15)13-5-3-2-4-6-13/h2-7,11-12,16H,8-10H2,1H3,(H2,18,20)/t12-,16+/m1/s1. The van der Waals surface area contributed by atoms with Gasteiger partial charge in [-0.2, -0.15) is 0 Å². The van der Waals surface area contributed by atoms with Gasteiger partial charge in [0, 0.05) is 24.5 Å². The summed E-state index contributed by atoms with van der Waals surface area (Å²) in [5, 5.41) is 2.18. The van der Waals surface area contributed by atoms with Crippen molar-refractivity contribution in [3.05, 3.63) is 46.7 Å². The zero-order valence-electron chi connectivity index (χ0n) is 12.6. The molecule has 0 radical (unpaired) electrons. The lowest BCUT2D eigenvalue weighted by Crippen LogP contribution is -2.51. The lowest BCUT2D eigenvalue weighted by atomic mass is 10.1. The van der Waals surface area contributed by atoms with Crippen molar-refractivity contribution >= 4 is 17.2 Å². The average Bonchev–Trinajstić information content (AvgIpc) is 2.96. The number of thiophene rings is 1. The van der Waals surface area contributed by atoms with Crippen LogP contribution in [-0.2, 0) is 16.1 Å². The Hall–Kier alpha value is -1.69. The highest BCUT2D eigenvalue weighted by molar-refractivity contribution is 7.10. The van der Waals surface area contributed by atoms with Crippen LogP contribution >= 0.6 is 11.3 Å². The van der Waals surface area contributed by atoms with E-state index in [-0.39, 0.29) is 12.0 Å². The van der Waals surface area contributed by atoms with Gasteiger partial charge in [0.2, 0.25) is 5.91 Å². The van der Waals surface area contributed by atoms with Gasteiger partial charge >= 0.3 is 0 Å². The van der Waals surface area contributed by atoms with Crippen molar-refractivity contribution in [2.45, 2.75) is 25.7 Å². The molecule has 1 aromatic heterocycles. The molecule has 1 fully saturated rings. The van der Waals surface area contributed by atoms with E-state index >= 15 is 0 Å². The van der Waals surface area contributed by atoms with E-state index in [0.29, 0.717) is 6.54 Å². The minimum absolute atomic E-state index is 0.0276. The number of nitrogens with zero attached hydrogens (tertiary/aromatic N) is 1. The Balaban J connectivity index is 1.68. The molecule has 1 amide bonds. The van der Waals surface area contributed by atoms with Crippen LogP contribution in [0.4, 0.5) is 0 Å². The maximum atomic E-state index is 11.4. The van der Waals surface area contributed by atoms with Crippen molar-refractivity contribution in [3.8, 4) is 11.1 Å².